The second-order valence-corrected chi connectivity index (χ2v) is 5.10. The summed E-state index contributed by atoms with van der Waals surface area (Å²) in [7, 11) is 0. The first-order chi connectivity index (χ1) is 10.8. The fraction of sp³-hybridized carbons (Fsp3) is 0.286. The molecule has 0 saturated heterocycles. The molecule has 0 radical (unpaired) electrons. The van der Waals surface area contributed by atoms with Crippen LogP contribution in [-0.2, 0) is 11.3 Å². The lowest BCUT2D eigenvalue weighted by Gasteiger charge is -2.12. The highest BCUT2D eigenvalue weighted by molar-refractivity contribution is 5.92. The second-order valence-electron chi connectivity index (χ2n) is 5.10. The number of amides is 1. The lowest BCUT2D eigenvalue weighted by molar-refractivity contribution is -0.389. The lowest BCUT2D eigenvalue weighted by Crippen LogP contribution is -2.25. The Morgan fingerprint density at radius 2 is 2.13 bits per heavy atom. The van der Waals surface area contributed by atoms with Crippen molar-refractivity contribution < 1.29 is 18.5 Å². The molecule has 122 valence electrons. The topological polar surface area (TPSA) is 90.1 Å². The van der Waals surface area contributed by atoms with E-state index in [9.17, 15) is 23.7 Å². The van der Waals surface area contributed by atoms with Crippen LogP contribution in [0, 0.1) is 34.6 Å². The van der Waals surface area contributed by atoms with Gasteiger partial charge in [0.1, 0.15) is 11.6 Å². The van der Waals surface area contributed by atoms with E-state index < -0.39 is 28.4 Å². The molecule has 0 unspecified atom stereocenters. The van der Waals surface area contributed by atoms with Gasteiger partial charge >= 0.3 is 5.82 Å². The third kappa shape index (κ3) is 3.87. The Labute approximate surface area is 130 Å². The number of aryl methyl sites for hydroxylation is 1. The molecule has 0 saturated carbocycles. The largest absolute Gasteiger partial charge is 0.390 e. The number of halogens is 2. The Morgan fingerprint density at radius 1 is 1.43 bits per heavy atom. The van der Waals surface area contributed by atoms with Gasteiger partial charge in [0.05, 0.1) is 35.0 Å². The molecule has 0 spiro atoms. The SMILES string of the molecule is Cc1cc([N+](=O)[O-])nn1C[C@@H](C)C(=O)Nc1cc(F)ccc1F. The lowest BCUT2D eigenvalue weighted by atomic mass is 10.1. The molecule has 1 atom stereocenters. The Balaban J connectivity index is 2.08. The van der Waals surface area contributed by atoms with Gasteiger partial charge in [0, 0.05) is 6.07 Å². The highest BCUT2D eigenvalue weighted by atomic mass is 19.1. The third-order valence-electron chi connectivity index (χ3n) is 3.24. The van der Waals surface area contributed by atoms with Crippen molar-refractivity contribution in [1.29, 1.82) is 0 Å². The molecule has 0 aliphatic carbocycles. The van der Waals surface area contributed by atoms with Gasteiger partial charge in [0.25, 0.3) is 0 Å². The van der Waals surface area contributed by atoms with Gasteiger partial charge in [0.2, 0.25) is 5.91 Å². The molecule has 0 aliphatic heterocycles. The highest BCUT2D eigenvalue weighted by Gasteiger charge is 2.21. The van der Waals surface area contributed by atoms with Crippen LogP contribution in [0.2, 0.25) is 0 Å². The van der Waals surface area contributed by atoms with E-state index in [1.165, 1.54) is 10.7 Å². The molecule has 9 heteroatoms. The van der Waals surface area contributed by atoms with Crippen molar-refractivity contribution in [2.45, 2.75) is 20.4 Å². The van der Waals surface area contributed by atoms with Gasteiger partial charge in [-0.05, 0) is 24.0 Å². The number of hydrogen-bond acceptors (Lipinski definition) is 4. The quantitative estimate of drug-likeness (QED) is 0.676. The summed E-state index contributed by atoms with van der Waals surface area (Å²) in [5.41, 5.74) is 0.262. The predicted molar refractivity (Wildman–Crippen MR) is 77.8 cm³/mol. The zero-order chi connectivity index (χ0) is 17.1. The molecule has 1 aromatic heterocycles. The van der Waals surface area contributed by atoms with E-state index in [0.717, 1.165) is 18.2 Å². The van der Waals surface area contributed by atoms with Crippen molar-refractivity contribution >= 4 is 17.4 Å². The zero-order valence-electron chi connectivity index (χ0n) is 12.4. The number of aromatic nitrogens is 2. The molecule has 7 nitrogen and oxygen atoms in total. The number of nitro groups is 1. The summed E-state index contributed by atoms with van der Waals surface area (Å²) in [5, 5.41) is 16.7. The van der Waals surface area contributed by atoms with Crippen LogP contribution in [0.3, 0.4) is 0 Å². The van der Waals surface area contributed by atoms with Crippen LogP contribution in [0.25, 0.3) is 0 Å². The van der Waals surface area contributed by atoms with Gasteiger partial charge in [-0.15, -0.1) is 0 Å². The maximum Gasteiger partial charge on any atom is 0.390 e. The Hall–Kier alpha value is -2.84. The molecule has 1 heterocycles. The summed E-state index contributed by atoms with van der Waals surface area (Å²) in [6, 6.07) is 4.03. The molecule has 23 heavy (non-hydrogen) atoms. The molecule has 0 aliphatic rings. The third-order valence-corrected chi connectivity index (χ3v) is 3.24. The molecular formula is C14H14F2N4O3. The number of nitrogens with one attached hydrogen (secondary N) is 1. The molecule has 1 aromatic carbocycles. The second kappa shape index (κ2) is 6.51. The number of benzene rings is 1. The molecule has 1 N–H and O–H groups in total. The molecular weight excluding hydrogens is 310 g/mol. The van der Waals surface area contributed by atoms with Crippen LogP contribution in [0.5, 0.6) is 0 Å². The van der Waals surface area contributed by atoms with E-state index in [2.05, 4.69) is 10.4 Å². The van der Waals surface area contributed by atoms with Gasteiger partial charge in [-0.25, -0.2) is 8.78 Å². The van der Waals surface area contributed by atoms with Crippen LogP contribution in [0.4, 0.5) is 20.3 Å². The summed E-state index contributed by atoms with van der Waals surface area (Å²) >= 11 is 0. The average Bonchev–Trinajstić information content (AvgIpc) is 2.84. The van der Waals surface area contributed by atoms with Crippen molar-refractivity contribution in [3.05, 3.63) is 51.7 Å². The number of carbonyl (C=O) groups is 1. The van der Waals surface area contributed by atoms with E-state index in [1.54, 1.807) is 13.8 Å². The van der Waals surface area contributed by atoms with Crippen LogP contribution in [-0.4, -0.2) is 20.6 Å². The van der Waals surface area contributed by atoms with Gasteiger partial charge < -0.3 is 15.4 Å². The van der Waals surface area contributed by atoms with E-state index in [4.69, 9.17) is 0 Å². The number of carbonyl (C=O) groups excluding carboxylic acids is 1. The molecule has 0 bridgehead atoms. The maximum atomic E-state index is 13.5. The van der Waals surface area contributed by atoms with Crippen molar-refractivity contribution in [2.24, 2.45) is 5.92 Å². The van der Waals surface area contributed by atoms with Crippen LogP contribution >= 0.6 is 0 Å². The first-order valence-electron chi connectivity index (χ1n) is 6.72. The zero-order valence-corrected chi connectivity index (χ0v) is 12.4. The Bertz CT molecular complexity index is 760. The average molecular weight is 324 g/mol. The van der Waals surface area contributed by atoms with Crippen molar-refractivity contribution in [1.82, 2.24) is 9.78 Å². The summed E-state index contributed by atoms with van der Waals surface area (Å²) in [6.07, 6.45) is 0. The Kier molecular flexibility index (Phi) is 4.68. The van der Waals surface area contributed by atoms with Gasteiger partial charge in [-0.1, -0.05) is 6.92 Å². The van der Waals surface area contributed by atoms with Crippen molar-refractivity contribution in [2.75, 3.05) is 5.32 Å². The first-order valence-corrected chi connectivity index (χ1v) is 6.72. The summed E-state index contributed by atoms with van der Waals surface area (Å²) in [4.78, 5) is 22.1. The molecule has 2 aromatic rings. The molecule has 2 rings (SSSR count). The van der Waals surface area contributed by atoms with Crippen molar-refractivity contribution in [3.8, 4) is 0 Å². The summed E-state index contributed by atoms with van der Waals surface area (Å²) in [6.45, 7) is 3.25. The monoisotopic (exact) mass is 324 g/mol. The Morgan fingerprint density at radius 3 is 2.74 bits per heavy atom. The van der Waals surface area contributed by atoms with E-state index in [0.29, 0.717) is 5.69 Å². The standard InChI is InChI=1S/C14H14F2N4O3/c1-8(7-19-9(2)5-13(18-19)20(22)23)14(21)17-12-6-10(15)3-4-11(12)16/h3-6,8H,7H2,1-2H3,(H,17,21)/t8-/m1/s1. The van der Waals surface area contributed by atoms with E-state index in [1.807, 2.05) is 0 Å². The van der Waals surface area contributed by atoms with Crippen LogP contribution in [0.1, 0.15) is 12.6 Å². The predicted octanol–water partition coefficient (Wildman–Crippen LogP) is 2.65. The molecule has 0 fully saturated rings. The number of anilines is 1. The number of nitrogens with zero attached hydrogens (tertiary/aromatic N) is 3. The maximum absolute atomic E-state index is 13.5. The van der Waals surface area contributed by atoms with Gasteiger partial charge in [-0.3, -0.25) is 4.79 Å². The van der Waals surface area contributed by atoms with Gasteiger partial charge in [-0.2, -0.15) is 4.68 Å². The normalized spacial score (nSPS) is 12.0. The summed E-state index contributed by atoms with van der Waals surface area (Å²) < 4.78 is 27.9. The fourth-order valence-corrected chi connectivity index (χ4v) is 1.96. The van der Waals surface area contributed by atoms with Crippen LogP contribution in [0.15, 0.2) is 24.3 Å². The summed E-state index contributed by atoms with van der Waals surface area (Å²) in [5.74, 6) is -2.94. The smallest absolute Gasteiger partial charge is 0.358 e. The fourth-order valence-electron chi connectivity index (χ4n) is 1.96. The minimum Gasteiger partial charge on any atom is -0.358 e. The van der Waals surface area contributed by atoms with Crippen molar-refractivity contribution in [3.63, 3.8) is 0 Å². The minimum atomic E-state index is -0.752. The van der Waals surface area contributed by atoms with Gasteiger partial charge in [0.15, 0.2) is 0 Å². The van der Waals surface area contributed by atoms with E-state index >= 15 is 0 Å². The van der Waals surface area contributed by atoms with E-state index in [-0.39, 0.29) is 18.1 Å². The first kappa shape index (κ1) is 16.5. The number of rotatable bonds is 5. The molecule has 1 amide bonds. The highest BCUT2D eigenvalue weighted by Crippen LogP contribution is 2.17. The number of hydrogen-bond donors (Lipinski definition) is 1. The van der Waals surface area contributed by atoms with Crippen LogP contribution < -0.4 is 5.32 Å². The minimum absolute atomic E-state index is 0.0719.